The molecule has 168 valence electrons. The monoisotopic (exact) mass is 448 g/mol. The summed E-state index contributed by atoms with van der Waals surface area (Å²) in [6, 6.07) is 11.1. The number of piperidine rings is 1. The molecule has 2 N–H and O–H groups in total. The Morgan fingerprint density at radius 3 is 2.61 bits per heavy atom. The second-order valence-corrected chi connectivity index (χ2v) is 8.24. The molecule has 4 heterocycles. The molecular formula is C24H22F2N6O. The molecule has 4 aromatic rings. The Bertz CT molecular complexity index is 1280. The fraction of sp³-hybridized carbons (Fsp3) is 0.250. The zero-order valence-electron chi connectivity index (χ0n) is 17.8. The van der Waals surface area contributed by atoms with Gasteiger partial charge in [-0.25, -0.2) is 8.78 Å². The number of aromatic nitrogens is 4. The highest BCUT2D eigenvalue weighted by Gasteiger charge is 2.33. The van der Waals surface area contributed by atoms with Gasteiger partial charge in [0.1, 0.15) is 0 Å². The van der Waals surface area contributed by atoms with Gasteiger partial charge in [-0.2, -0.15) is 5.10 Å². The van der Waals surface area contributed by atoms with E-state index in [0.29, 0.717) is 36.4 Å². The highest BCUT2D eigenvalue weighted by molar-refractivity contribution is 6.11. The minimum Gasteiger partial charge on any atom is -0.320 e. The van der Waals surface area contributed by atoms with E-state index in [9.17, 15) is 13.6 Å². The van der Waals surface area contributed by atoms with Crippen molar-refractivity contribution < 1.29 is 13.6 Å². The lowest BCUT2D eigenvalue weighted by Crippen LogP contribution is -2.38. The van der Waals surface area contributed by atoms with Crippen molar-refractivity contribution >= 4 is 22.5 Å². The van der Waals surface area contributed by atoms with Gasteiger partial charge in [0.25, 0.3) is 11.8 Å². The first kappa shape index (κ1) is 21.1. The van der Waals surface area contributed by atoms with Crippen LogP contribution in [0.25, 0.3) is 22.0 Å². The molecule has 1 aromatic carbocycles. The Balaban J connectivity index is 1.37. The summed E-state index contributed by atoms with van der Waals surface area (Å²) in [4.78, 5) is 23.1. The number of halogens is 2. The minimum absolute atomic E-state index is 0.110. The molecule has 3 aromatic heterocycles. The summed E-state index contributed by atoms with van der Waals surface area (Å²) in [5.74, 6) is -2.88. The second-order valence-electron chi connectivity index (χ2n) is 8.24. The average molecular weight is 448 g/mol. The average Bonchev–Trinajstić information content (AvgIpc) is 3.25. The third-order valence-electron chi connectivity index (χ3n) is 5.84. The number of hydrogen-bond acceptors (Lipinski definition) is 5. The molecule has 33 heavy (non-hydrogen) atoms. The molecule has 5 rings (SSSR count). The van der Waals surface area contributed by atoms with Gasteiger partial charge >= 0.3 is 0 Å². The van der Waals surface area contributed by atoms with E-state index >= 15 is 0 Å². The molecule has 0 unspecified atom stereocenters. The van der Waals surface area contributed by atoms with E-state index in [0.717, 1.165) is 22.2 Å². The molecule has 0 atom stereocenters. The first-order valence-electron chi connectivity index (χ1n) is 10.7. The molecule has 0 spiro atoms. The number of fused-ring (bicyclic) bond motifs is 1. The second kappa shape index (κ2) is 8.67. The fourth-order valence-corrected chi connectivity index (χ4v) is 4.02. The number of anilines is 1. The van der Waals surface area contributed by atoms with Gasteiger partial charge in [0.05, 0.1) is 5.52 Å². The zero-order valence-corrected chi connectivity index (χ0v) is 17.8. The van der Waals surface area contributed by atoms with Crippen LogP contribution in [0.4, 0.5) is 14.5 Å². The number of nitrogens with zero attached hydrogens (tertiary/aromatic N) is 4. The third kappa shape index (κ3) is 4.73. The van der Waals surface area contributed by atoms with Crippen molar-refractivity contribution in [3.63, 3.8) is 0 Å². The number of alkyl halides is 2. The first-order chi connectivity index (χ1) is 16.0. The molecular weight excluding hydrogens is 426 g/mol. The van der Waals surface area contributed by atoms with Crippen LogP contribution in [0.15, 0.2) is 61.2 Å². The smallest absolute Gasteiger partial charge is 0.276 e. The Morgan fingerprint density at radius 2 is 1.82 bits per heavy atom. The van der Waals surface area contributed by atoms with Crippen LogP contribution in [0.1, 0.15) is 28.9 Å². The summed E-state index contributed by atoms with van der Waals surface area (Å²) in [6.45, 7) is 1.31. The van der Waals surface area contributed by atoms with Crippen LogP contribution in [0.2, 0.25) is 0 Å². The molecule has 7 nitrogen and oxygen atoms in total. The zero-order chi connectivity index (χ0) is 22.8. The van der Waals surface area contributed by atoms with Crippen LogP contribution < -0.4 is 5.32 Å². The van der Waals surface area contributed by atoms with Crippen LogP contribution in [0, 0.1) is 0 Å². The van der Waals surface area contributed by atoms with Crippen LogP contribution in [-0.2, 0) is 6.54 Å². The number of aromatic amines is 1. The van der Waals surface area contributed by atoms with Gasteiger partial charge in [0, 0.05) is 73.9 Å². The number of nitrogens with one attached hydrogen (secondary N) is 2. The van der Waals surface area contributed by atoms with E-state index < -0.39 is 5.92 Å². The Hall–Kier alpha value is -3.72. The number of pyridine rings is 2. The van der Waals surface area contributed by atoms with E-state index in [2.05, 4.69) is 25.5 Å². The lowest BCUT2D eigenvalue weighted by atomic mass is 10.0. The number of carbonyl (C=O) groups is 1. The lowest BCUT2D eigenvalue weighted by Gasteiger charge is -2.31. The van der Waals surface area contributed by atoms with Crippen LogP contribution in [0.3, 0.4) is 0 Å². The molecule has 1 fully saturated rings. The number of rotatable bonds is 5. The quantitative estimate of drug-likeness (QED) is 0.469. The molecule has 1 aliphatic heterocycles. The van der Waals surface area contributed by atoms with Gasteiger partial charge in [0.2, 0.25) is 0 Å². The number of benzene rings is 1. The number of amides is 1. The van der Waals surface area contributed by atoms with Crippen LogP contribution in [0.5, 0.6) is 0 Å². The van der Waals surface area contributed by atoms with Crippen molar-refractivity contribution in [2.45, 2.75) is 25.3 Å². The van der Waals surface area contributed by atoms with Gasteiger partial charge in [-0.3, -0.25) is 24.8 Å². The fourth-order valence-electron chi connectivity index (χ4n) is 4.02. The Morgan fingerprint density at radius 1 is 1.03 bits per heavy atom. The van der Waals surface area contributed by atoms with Gasteiger partial charge in [-0.05, 0) is 41.5 Å². The first-order valence-corrected chi connectivity index (χ1v) is 10.7. The molecule has 0 aliphatic carbocycles. The molecule has 9 heteroatoms. The van der Waals surface area contributed by atoms with Crippen LogP contribution in [-0.4, -0.2) is 50.0 Å². The van der Waals surface area contributed by atoms with Crippen molar-refractivity contribution in [1.29, 1.82) is 0 Å². The van der Waals surface area contributed by atoms with Gasteiger partial charge in [0.15, 0.2) is 5.69 Å². The molecule has 1 saturated heterocycles. The Labute approximate surface area is 188 Å². The van der Waals surface area contributed by atoms with Crippen LogP contribution >= 0.6 is 0 Å². The van der Waals surface area contributed by atoms with E-state index in [-0.39, 0.29) is 18.7 Å². The molecule has 1 aliphatic rings. The normalized spacial score (nSPS) is 16.1. The Kier molecular flexibility index (Phi) is 5.55. The molecule has 0 saturated carbocycles. The van der Waals surface area contributed by atoms with Crippen molar-refractivity contribution in [3.05, 3.63) is 72.4 Å². The molecule has 1 amide bonds. The van der Waals surface area contributed by atoms with Crippen molar-refractivity contribution in [2.24, 2.45) is 0 Å². The van der Waals surface area contributed by atoms with E-state index in [1.54, 1.807) is 36.9 Å². The maximum absolute atomic E-state index is 13.4. The summed E-state index contributed by atoms with van der Waals surface area (Å²) >= 11 is 0. The molecule has 0 bridgehead atoms. The maximum Gasteiger partial charge on any atom is 0.276 e. The summed E-state index contributed by atoms with van der Waals surface area (Å²) in [5, 5.41) is 10.6. The highest BCUT2D eigenvalue weighted by Crippen LogP contribution is 2.29. The largest absolute Gasteiger partial charge is 0.320 e. The lowest BCUT2D eigenvalue weighted by molar-refractivity contribution is -0.0566. The summed E-state index contributed by atoms with van der Waals surface area (Å²) in [5.41, 5.74) is 4.41. The summed E-state index contributed by atoms with van der Waals surface area (Å²) < 4.78 is 26.9. The summed E-state index contributed by atoms with van der Waals surface area (Å²) in [7, 11) is 0. The van der Waals surface area contributed by atoms with Crippen molar-refractivity contribution in [2.75, 3.05) is 18.4 Å². The standard InChI is InChI=1S/C24H22F2N6O/c25-24(26)5-9-32(10-6-24)15-16-11-18(14-28-13-16)17-1-2-21-20(12-17)22(31-30-21)23(33)29-19-3-7-27-8-4-19/h1-4,7-8,11-14H,5-6,9-10,15H2,(H,30,31)(H,27,29,33). The number of carbonyl (C=O) groups excluding carboxylic acids is 1. The van der Waals surface area contributed by atoms with E-state index in [4.69, 9.17) is 0 Å². The minimum atomic E-state index is -2.56. The van der Waals surface area contributed by atoms with Gasteiger partial charge in [-0.1, -0.05) is 6.07 Å². The molecule has 0 radical (unpaired) electrons. The van der Waals surface area contributed by atoms with E-state index in [1.807, 2.05) is 29.2 Å². The van der Waals surface area contributed by atoms with Crippen molar-refractivity contribution in [1.82, 2.24) is 25.1 Å². The predicted octanol–water partition coefficient (Wildman–Crippen LogP) is 4.50. The highest BCUT2D eigenvalue weighted by atomic mass is 19.3. The SMILES string of the molecule is O=C(Nc1ccncc1)c1n[nH]c2ccc(-c3cncc(CN4CCC(F)(F)CC4)c3)cc12. The number of hydrogen-bond donors (Lipinski definition) is 2. The van der Waals surface area contributed by atoms with Gasteiger partial charge in [-0.15, -0.1) is 0 Å². The van der Waals surface area contributed by atoms with Gasteiger partial charge < -0.3 is 5.32 Å². The summed E-state index contributed by atoms with van der Waals surface area (Å²) in [6.07, 6.45) is 6.51. The van der Waals surface area contributed by atoms with Crippen molar-refractivity contribution in [3.8, 4) is 11.1 Å². The third-order valence-corrected chi connectivity index (χ3v) is 5.84. The number of likely N-dealkylation sites (tertiary alicyclic amines) is 1. The number of H-pyrrole nitrogens is 1. The maximum atomic E-state index is 13.4. The topological polar surface area (TPSA) is 86.8 Å². The van der Waals surface area contributed by atoms with E-state index in [1.165, 1.54) is 0 Å². The predicted molar refractivity (Wildman–Crippen MR) is 121 cm³/mol.